The number of nitrogens with zero attached hydrogens (tertiary/aromatic N) is 4. The number of ether oxygens (including phenoxy) is 1. The summed E-state index contributed by atoms with van der Waals surface area (Å²) in [6, 6.07) is 7.51. The minimum atomic E-state index is -0.705. The SMILES string of the molecule is CNc1nc2[nH]c(-c3cccc([C@H](CCCOC)NC(=O)CC(C)O)n3)cc2c2c1ncn2C. The molecule has 1 unspecified atom stereocenters. The molecule has 0 saturated heterocycles. The molecule has 0 aliphatic carbocycles. The van der Waals surface area contributed by atoms with Crippen LogP contribution in [-0.4, -0.2) is 62.4 Å². The monoisotopic (exact) mass is 465 g/mol. The number of hydrogen-bond acceptors (Lipinski definition) is 7. The van der Waals surface area contributed by atoms with Gasteiger partial charge in [-0.2, -0.15) is 0 Å². The standard InChI is InChI=1S/C24H31N7O3/c1-14(32)11-20(33)28-17(9-6-10-34-4)16-7-5-8-18(27-16)19-12-15-22-21(26-13-31(22)3)24(25-2)30-23(15)29-19/h5,7-8,12-14,17,32H,6,9-11H2,1-4H3,(H,28,33)(H2,25,29,30)/t14?,17-/m0/s1. The molecule has 0 bridgehead atoms. The summed E-state index contributed by atoms with van der Waals surface area (Å²) in [7, 11) is 5.44. The van der Waals surface area contributed by atoms with Crippen molar-refractivity contribution in [2.45, 2.75) is 38.3 Å². The van der Waals surface area contributed by atoms with E-state index in [0.29, 0.717) is 18.8 Å². The fourth-order valence-electron chi connectivity index (χ4n) is 4.15. The average Bonchev–Trinajstić information content (AvgIpc) is 3.41. The van der Waals surface area contributed by atoms with Crippen LogP contribution in [0.2, 0.25) is 0 Å². The molecule has 0 aliphatic rings. The molecule has 4 aromatic heterocycles. The van der Waals surface area contributed by atoms with Crippen LogP contribution < -0.4 is 10.6 Å². The summed E-state index contributed by atoms with van der Waals surface area (Å²) in [6.45, 7) is 2.19. The molecule has 4 rings (SSSR count). The van der Waals surface area contributed by atoms with E-state index in [-0.39, 0.29) is 18.4 Å². The van der Waals surface area contributed by atoms with Crippen molar-refractivity contribution in [2.75, 3.05) is 26.1 Å². The quantitative estimate of drug-likeness (QED) is 0.265. The first-order chi connectivity index (χ1) is 16.4. The van der Waals surface area contributed by atoms with Crippen LogP contribution in [0.4, 0.5) is 5.82 Å². The van der Waals surface area contributed by atoms with E-state index < -0.39 is 6.10 Å². The van der Waals surface area contributed by atoms with Gasteiger partial charge < -0.3 is 30.0 Å². The second-order valence-electron chi connectivity index (χ2n) is 8.46. The van der Waals surface area contributed by atoms with Crippen molar-refractivity contribution in [3.05, 3.63) is 36.3 Å². The Morgan fingerprint density at radius 2 is 2.15 bits per heavy atom. The zero-order valence-corrected chi connectivity index (χ0v) is 19.9. The van der Waals surface area contributed by atoms with E-state index in [1.807, 2.05) is 42.9 Å². The van der Waals surface area contributed by atoms with E-state index in [9.17, 15) is 9.90 Å². The number of aliphatic hydroxyl groups excluding tert-OH is 1. The zero-order valence-electron chi connectivity index (χ0n) is 19.9. The number of nitrogens with one attached hydrogen (secondary N) is 3. The first kappa shape index (κ1) is 23.7. The number of aliphatic hydroxyl groups is 1. The van der Waals surface area contributed by atoms with E-state index in [1.165, 1.54) is 0 Å². The molecular weight excluding hydrogens is 434 g/mol. The van der Waals surface area contributed by atoms with Crippen LogP contribution in [-0.2, 0) is 16.6 Å². The number of aromatic nitrogens is 5. The number of fused-ring (bicyclic) bond motifs is 3. The molecule has 0 aromatic carbocycles. The number of anilines is 1. The summed E-state index contributed by atoms with van der Waals surface area (Å²) in [5.74, 6) is 0.495. The minimum absolute atomic E-state index is 0.0443. The highest BCUT2D eigenvalue weighted by molar-refractivity contribution is 6.07. The lowest BCUT2D eigenvalue weighted by Gasteiger charge is -2.19. The Morgan fingerprint density at radius 3 is 2.88 bits per heavy atom. The summed E-state index contributed by atoms with van der Waals surface area (Å²) >= 11 is 0. The lowest BCUT2D eigenvalue weighted by molar-refractivity contribution is -0.123. The number of aryl methyl sites for hydroxylation is 1. The largest absolute Gasteiger partial charge is 0.393 e. The number of carbonyl (C=O) groups excluding carboxylic acids is 1. The van der Waals surface area contributed by atoms with Gasteiger partial charge >= 0.3 is 0 Å². The Balaban J connectivity index is 1.70. The highest BCUT2D eigenvalue weighted by Gasteiger charge is 2.19. The van der Waals surface area contributed by atoms with Gasteiger partial charge in [0.05, 0.1) is 47.5 Å². The van der Waals surface area contributed by atoms with Crippen molar-refractivity contribution in [3.8, 4) is 11.4 Å². The van der Waals surface area contributed by atoms with Crippen LogP contribution in [0.15, 0.2) is 30.6 Å². The number of hydrogen-bond donors (Lipinski definition) is 4. The molecular formula is C24H31N7O3. The van der Waals surface area contributed by atoms with Gasteiger partial charge in [-0.1, -0.05) is 6.07 Å². The highest BCUT2D eigenvalue weighted by Crippen LogP contribution is 2.31. The van der Waals surface area contributed by atoms with Crippen LogP contribution in [0, 0.1) is 0 Å². The Morgan fingerprint density at radius 1 is 1.32 bits per heavy atom. The van der Waals surface area contributed by atoms with Crippen molar-refractivity contribution in [3.63, 3.8) is 0 Å². The molecule has 0 radical (unpaired) electrons. The lowest BCUT2D eigenvalue weighted by Crippen LogP contribution is -2.31. The van der Waals surface area contributed by atoms with Gasteiger partial charge in [0.1, 0.15) is 11.2 Å². The maximum absolute atomic E-state index is 12.4. The number of pyridine rings is 2. The Labute approximate surface area is 197 Å². The lowest BCUT2D eigenvalue weighted by atomic mass is 10.1. The fraction of sp³-hybridized carbons (Fsp3) is 0.417. The second kappa shape index (κ2) is 10.2. The smallest absolute Gasteiger partial charge is 0.223 e. The van der Waals surface area contributed by atoms with Crippen LogP contribution >= 0.6 is 0 Å². The van der Waals surface area contributed by atoms with E-state index >= 15 is 0 Å². The van der Waals surface area contributed by atoms with Crippen molar-refractivity contribution < 1.29 is 14.6 Å². The number of amides is 1. The fourth-order valence-corrected chi connectivity index (χ4v) is 4.15. The van der Waals surface area contributed by atoms with Crippen molar-refractivity contribution in [1.29, 1.82) is 0 Å². The molecule has 180 valence electrons. The second-order valence-corrected chi connectivity index (χ2v) is 8.46. The third kappa shape index (κ3) is 4.87. The molecule has 0 saturated carbocycles. The number of methoxy groups -OCH3 is 1. The van der Waals surface area contributed by atoms with Gasteiger partial charge in [0.25, 0.3) is 0 Å². The highest BCUT2D eigenvalue weighted by atomic mass is 16.5. The third-order valence-electron chi connectivity index (χ3n) is 5.73. The number of H-pyrrole nitrogens is 1. The average molecular weight is 466 g/mol. The molecule has 2 atom stereocenters. The normalized spacial score (nSPS) is 13.3. The maximum Gasteiger partial charge on any atom is 0.223 e. The van der Waals surface area contributed by atoms with Crippen LogP contribution in [0.25, 0.3) is 33.5 Å². The molecule has 0 spiro atoms. The molecule has 10 nitrogen and oxygen atoms in total. The van der Waals surface area contributed by atoms with Gasteiger partial charge in [0.15, 0.2) is 5.82 Å². The van der Waals surface area contributed by atoms with Gasteiger partial charge in [0.2, 0.25) is 5.91 Å². The zero-order chi connectivity index (χ0) is 24.2. The maximum atomic E-state index is 12.4. The van der Waals surface area contributed by atoms with Crippen molar-refractivity contribution in [2.24, 2.45) is 7.05 Å². The topological polar surface area (TPSA) is 130 Å². The van der Waals surface area contributed by atoms with Gasteiger partial charge in [0, 0.05) is 33.2 Å². The third-order valence-corrected chi connectivity index (χ3v) is 5.73. The molecule has 1 amide bonds. The van der Waals surface area contributed by atoms with E-state index in [2.05, 4.69) is 20.6 Å². The summed E-state index contributed by atoms with van der Waals surface area (Å²) < 4.78 is 7.16. The number of carbonyl (C=O) groups is 1. The Hall–Kier alpha value is -3.50. The minimum Gasteiger partial charge on any atom is -0.393 e. The molecule has 10 heteroatoms. The number of imidazole rings is 1. The van der Waals surface area contributed by atoms with Gasteiger partial charge in [-0.15, -0.1) is 0 Å². The summed E-state index contributed by atoms with van der Waals surface area (Å²) in [6.07, 6.45) is 2.56. The number of rotatable bonds is 10. The van der Waals surface area contributed by atoms with Crippen molar-refractivity contribution in [1.82, 2.24) is 29.8 Å². The molecule has 4 heterocycles. The molecule has 4 N–H and O–H groups in total. The van der Waals surface area contributed by atoms with E-state index in [4.69, 9.17) is 14.7 Å². The van der Waals surface area contributed by atoms with E-state index in [1.54, 1.807) is 20.4 Å². The predicted molar refractivity (Wildman–Crippen MR) is 131 cm³/mol. The predicted octanol–water partition coefficient (Wildman–Crippen LogP) is 2.91. The molecule has 0 fully saturated rings. The Bertz CT molecular complexity index is 1290. The molecule has 4 aromatic rings. The molecule has 34 heavy (non-hydrogen) atoms. The van der Waals surface area contributed by atoms with E-state index in [0.717, 1.165) is 45.6 Å². The first-order valence-corrected chi connectivity index (χ1v) is 11.4. The number of aromatic amines is 1. The Kier molecular flexibility index (Phi) is 7.09. The molecule has 0 aliphatic heterocycles. The first-order valence-electron chi connectivity index (χ1n) is 11.4. The van der Waals surface area contributed by atoms with Crippen LogP contribution in [0.1, 0.15) is 37.9 Å². The van der Waals surface area contributed by atoms with Gasteiger partial charge in [-0.05, 0) is 38.0 Å². The van der Waals surface area contributed by atoms with Gasteiger partial charge in [-0.25, -0.2) is 15.0 Å². The summed E-state index contributed by atoms with van der Waals surface area (Å²) in [4.78, 5) is 29.8. The van der Waals surface area contributed by atoms with Crippen LogP contribution in [0.5, 0.6) is 0 Å². The summed E-state index contributed by atoms with van der Waals surface area (Å²) in [5.41, 5.74) is 4.86. The summed E-state index contributed by atoms with van der Waals surface area (Å²) in [5, 5.41) is 16.7. The van der Waals surface area contributed by atoms with Crippen LogP contribution in [0.3, 0.4) is 0 Å². The van der Waals surface area contributed by atoms with Crippen molar-refractivity contribution >= 4 is 33.8 Å². The van der Waals surface area contributed by atoms with Gasteiger partial charge in [-0.3, -0.25) is 4.79 Å².